The first kappa shape index (κ1) is 15.3. The van der Waals surface area contributed by atoms with Gasteiger partial charge in [0.05, 0.1) is 5.02 Å². The maximum Gasteiger partial charge on any atom is 0.141 e. The van der Waals surface area contributed by atoms with Crippen LogP contribution in [0.1, 0.15) is 11.1 Å². The molecule has 0 aromatic heterocycles. The highest BCUT2D eigenvalue weighted by molar-refractivity contribution is 6.36. The van der Waals surface area contributed by atoms with Crippen LogP contribution >= 0.6 is 34.8 Å². The smallest absolute Gasteiger partial charge is 0.141 e. The van der Waals surface area contributed by atoms with Crippen LogP contribution in [0.25, 0.3) is 0 Å². The number of ketones is 1. The number of rotatable bonds is 4. The largest absolute Gasteiger partial charge is 0.299 e. The Balaban J connectivity index is 2.11. The molecule has 0 unspecified atom stereocenters. The van der Waals surface area contributed by atoms with Gasteiger partial charge in [-0.1, -0.05) is 46.9 Å². The summed E-state index contributed by atoms with van der Waals surface area (Å²) < 4.78 is 13.0. The molecule has 0 fully saturated rings. The fourth-order valence-electron chi connectivity index (χ4n) is 1.84. The predicted molar refractivity (Wildman–Crippen MR) is 80.3 cm³/mol. The van der Waals surface area contributed by atoms with E-state index < -0.39 is 5.82 Å². The molecule has 0 amide bonds. The first-order valence-corrected chi connectivity index (χ1v) is 6.99. The monoisotopic (exact) mass is 330 g/mol. The molecule has 0 saturated carbocycles. The van der Waals surface area contributed by atoms with Crippen LogP contribution < -0.4 is 0 Å². The summed E-state index contributed by atoms with van der Waals surface area (Å²) in [5.74, 6) is -0.570. The summed E-state index contributed by atoms with van der Waals surface area (Å²) in [5, 5.41) is 0.928. The van der Waals surface area contributed by atoms with Crippen molar-refractivity contribution >= 4 is 40.6 Å². The molecule has 0 radical (unpaired) electrons. The SMILES string of the molecule is O=C(Cc1ccc(F)c(Cl)c1)Cc1c(Cl)cccc1Cl. The molecular weight excluding hydrogens is 322 g/mol. The number of benzene rings is 2. The zero-order valence-electron chi connectivity index (χ0n) is 10.3. The van der Waals surface area contributed by atoms with E-state index in [2.05, 4.69) is 0 Å². The standard InChI is InChI=1S/C15H10Cl3FO/c16-12-2-1-3-13(17)11(12)8-10(20)6-9-4-5-15(19)14(18)7-9/h1-5,7H,6,8H2. The Morgan fingerprint density at radius 3 is 2.20 bits per heavy atom. The van der Waals surface area contributed by atoms with Crippen molar-refractivity contribution in [2.45, 2.75) is 12.8 Å². The number of carbonyl (C=O) groups excluding carboxylic acids is 1. The first-order valence-electron chi connectivity index (χ1n) is 5.86. The third-order valence-electron chi connectivity index (χ3n) is 2.82. The molecule has 104 valence electrons. The summed E-state index contributed by atoms with van der Waals surface area (Å²) in [6.07, 6.45) is 0.287. The van der Waals surface area contributed by atoms with Crippen LogP contribution in [0.2, 0.25) is 15.1 Å². The van der Waals surface area contributed by atoms with Crippen molar-refractivity contribution in [1.29, 1.82) is 0 Å². The van der Waals surface area contributed by atoms with Crippen molar-refractivity contribution in [1.82, 2.24) is 0 Å². The van der Waals surface area contributed by atoms with E-state index in [4.69, 9.17) is 34.8 Å². The van der Waals surface area contributed by atoms with E-state index in [-0.39, 0.29) is 23.6 Å². The van der Waals surface area contributed by atoms with Crippen LogP contribution in [0.15, 0.2) is 36.4 Å². The molecule has 0 spiro atoms. The molecule has 0 bridgehead atoms. The molecule has 0 heterocycles. The van der Waals surface area contributed by atoms with Gasteiger partial charge in [0.1, 0.15) is 11.6 Å². The van der Waals surface area contributed by atoms with Gasteiger partial charge >= 0.3 is 0 Å². The fourth-order valence-corrected chi connectivity index (χ4v) is 2.57. The van der Waals surface area contributed by atoms with E-state index in [1.165, 1.54) is 18.2 Å². The summed E-state index contributed by atoms with van der Waals surface area (Å²) in [6, 6.07) is 9.32. The van der Waals surface area contributed by atoms with Crippen molar-refractivity contribution < 1.29 is 9.18 Å². The Labute approximate surface area is 131 Å². The van der Waals surface area contributed by atoms with Gasteiger partial charge in [0, 0.05) is 22.9 Å². The third-order valence-corrected chi connectivity index (χ3v) is 3.82. The lowest BCUT2D eigenvalue weighted by Gasteiger charge is -2.07. The number of hydrogen-bond acceptors (Lipinski definition) is 1. The zero-order valence-corrected chi connectivity index (χ0v) is 12.6. The average molecular weight is 332 g/mol. The fraction of sp³-hybridized carbons (Fsp3) is 0.133. The van der Waals surface area contributed by atoms with E-state index in [1.807, 2.05) is 0 Å². The zero-order chi connectivity index (χ0) is 14.7. The maximum absolute atomic E-state index is 13.0. The van der Waals surface area contributed by atoms with Gasteiger partial charge in [-0.3, -0.25) is 4.79 Å². The molecule has 5 heteroatoms. The minimum Gasteiger partial charge on any atom is -0.299 e. The van der Waals surface area contributed by atoms with Crippen molar-refractivity contribution in [3.8, 4) is 0 Å². The molecule has 0 aliphatic carbocycles. The van der Waals surface area contributed by atoms with E-state index in [0.29, 0.717) is 21.2 Å². The van der Waals surface area contributed by atoms with Gasteiger partial charge < -0.3 is 0 Å². The highest BCUT2D eigenvalue weighted by Gasteiger charge is 2.12. The molecule has 0 saturated heterocycles. The Hall–Kier alpha value is -1.09. The second-order valence-corrected chi connectivity index (χ2v) is 5.56. The number of hydrogen-bond donors (Lipinski definition) is 0. The maximum atomic E-state index is 13.0. The van der Waals surface area contributed by atoms with E-state index in [0.717, 1.165) is 0 Å². The molecule has 1 nitrogen and oxygen atoms in total. The van der Waals surface area contributed by atoms with Crippen LogP contribution in [-0.2, 0) is 17.6 Å². The quantitative estimate of drug-likeness (QED) is 0.758. The van der Waals surface area contributed by atoms with Gasteiger partial charge in [0.25, 0.3) is 0 Å². The Bertz CT molecular complexity index is 635. The number of Topliss-reactive ketones (excluding diaryl/α,β-unsaturated/α-hetero) is 1. The minimum atomic E-state index is -0.503. The van der Waals surface area contributed by atoms with Gasteiger partial charge in [0.15, 0.2) is 0 Å². The van der Waals surface area contributed by atoms with Crippen LogP contribution in [0, 0.1) is 5.82 Å². The molecular formula is C15H10Cl3FO. The lowest BCUT2D eigenvalue weighted by atomic mass is 10.0. The highest BCUT2D eigenvalue weighted by Crippen LogP contribution is 2.25. The summed E-state index contributed by atoms with van der Waals surface area (Å²) in [5.41, 5.74) is 1.26. The Morgan fingerprint density at radius 2 is 1.60 bits per heavy atom. The van der Waals surface area contributed by atoms with Crippen molar-refractivity contribution in [3.63, 3.8) is 0 Å². The van der Waals surface area contributed by atoms with E-state index in [1.54, 1.807) is 18.2 Å². The third kappa shape index (κ3) is 3.72. The summed E-state index contributed by atoms with van der Waals surface area (Å²) >= 11 is 17.7. The lowest BCUT2D eigenvalue weighted by molar-refractivity contribution is -0.117. The molecule has 0 aliphatic heterocycles. The van der Waals surface area contributed by atoms with Gasteiger partial charge in [-0.05, 0) is 35.4 Å². The second-order valence-electron chi connectivity index (χ2n) is 4.34. The second kappa shape index (κ2) is 6.57. The van der Waals surface area contributed by atoms with Gasteiger partial charge in [-0.15, -0.1) is 0 Å². The number of carbonyl (C=O) groups is 1. The molecule has 2 aromatic carbocycles. The van der Waals surface area contributed by atoms with E-state index >= 15 is 0 Å². The topological polar surface area (TPSA) is 17.1 Å². The minimum absolute atomic E-state index is 0.00563. The van der Waals surface area contributed by atoms with Gasteiger partial charge in [0.2, 0.25) is 0 Å². The van der Waals surface area contributed by atoms with Crippen LogP contribution in [0.3, 0.4) is 0 Å². The van der Waals surface area contributed by atoms with Crippen LogP contribution in [0.5, 0.6) is 0 Å². The summed E-state index contributed by atoms with van der Waals surface area (Å²) in [6.45, 7) is 0. The van der Waals surface area contributed by atoms with Gasteiger partial charge in [-0.25, -0.2) is 4.39 Å². The van der Waals surface area contributed by atoms with Gasteiger partial charge in [-0.2, -0.15) is 0 Å². The Kier molecular flexibility index (Phi) is 5.03. The van der Waals surface area contributed by atoms with Crippen molar-refractivity contribution in [2.24, 2.45) is 0 Å². The average Bonchev–Trinajstić information content (AvgIpc) is 2.38. The highest BCUT2D eigenvalue weighted by atomic mass is 35.5. The normalized spacial score (nSPS) is 10.6. The molecule has 0 N–H and O–H groups in total. The first-order chi connectivity index (χ1) is 9.47. The molecule has 2 rings (SSSR count). The molecule has 0 atom stereocenters. The lowest BCUT2D eigenvalue weighted by Crippen LogP contribution is -2.07. The van der Waals surface area contributed by atoms with Crippen molar-refractivity contribution in [3.05, 3.63) is 68.4 Å². The van der Waals surface area contributed by atoms with Crippen molar-refractivity contribution in [2.75, 3.05) is 0 Å². The van der Waals surface area contributed by atoms with Crippen LogP contribution in [0.4, 0.5) is 4.39 Å². The number of halogens is 4. The summed E-state index contributed by atoms with van der Waals surface area (Å²) in [4.78, 5) is 12.0. The molecule has 20 heavy (non-hydrogen) atoms. The van der Waals surface area contributed by atoms with E-state index in [9.17, 15) is 9.18 Å². The molecule has 2 aromatic rings. The molecule has 0 aliphatic rings. The van der Waals surface area contributed by atoms with Crippen LogP contribution in [-0.4, -0.2) is 5.78 Å². The summed E-state index contributed by atoms with van der Waals surface area (Å²) in [7, 11) is 0. The Morgan fingerprint density at radius 1 is 0.950 bits per heavy atom. The predicted octanol–water partition coefficient (Wildman–Crippen LogP) is 5.14.